The number of pyridine rings is 1. The Hall–Kier alpha value is -1.83. The van der Waals surface area contributed by atoms with E-state index in [1.54, 1.807) is 12.1 Å². The number of nitrogens with zero attached hydrogens (tertiary/aromatic N) is 1. The van der Waals surface area contributed by atoms with Crippen molar-refractivity contribution in [1.82, 2.24) is 4.98 Å². The number of phenols is 1. The van der Waals surface area contributed by atoms with Crippen LogP contribution < -0.4 is 0 Å². The van der Waals surface area contributed by atoms with Gasteiger partial charge in [-0.15, -0.1) is 0 Å². The Morgan fingerprint density at radius 3 is 2.47 bits per heavy atom. The number of aromatic nitrogens is 1. The zero-order valence-corrected chi connectivity index (χ0v) is 8.86. The quantitative estimate of drug-likeness (QED) is 0.765. The van der Waals surface area contributed by atoms with Crippen molar-refractivity contribution in [2.24, 2.45) is 0 Å². The second-order valence-electron chi connectivity index (χ2n) is 3.72. The van der Waals surface area contributed by atoms with Gasteiger partial charge in [0.1, 0.15) is 5.75 Å². The summed E-state index contributed by atoms with van der Waals surface area (Å²) < 4.78 is 0. The molecule has 2 aromatic rings. The Labute approximate surface area is 89.2 Å². The average Bonchev–Trinajstić information content (AvgIpc) is 2.20. The van der Waals surface area contributed by atoms with E-state index in [1.165, 1.54) is 0 Å². The Morgan fingerprint density at radius 1 is 1.07 bits per heavy atom. The highest BCUT2D eigenvalue weighted by Crippen LogP contribution is 2.24. The largest absolute Gasteiger partial charge is 0.508 e. The summed E-state index contributed by atoms with van der Waals surface area (Å²) in [6.07, 6.45) is 1.85. The van der Waals surface area contributed by atoms with Crippen molar-refractivity contribution in [3.63, 3.8) is 0 Å². The number of phenolic OH excluding ortho intramolecular Hbond substituents is 1. The van der Waals surface area contributed by atoms with Gasteiger partial charge in [-0.25, -0.2) is 0 Å². The summed E-state index contributed by atoms with van der Waals surface area (Å²) in [6.45, 7) is 3.98. The van der Waals surface area contributed by atoms with Crippen molar-refractivity contribution in [2.75, 3.05) is 0 Å². The van der Waals surface area contributed by atoms with Crippen LogP contribution in [0.15, 0.2) is 36.5 Å². The van der Waals surface area contributed by atoms with Crippen LogP contribution in [0.5, 0.6) is 5.75 Å². The van der Waals surface area contributed by atoms with E-state index in [2.05, 4.69) is 4.98 Å². The average molecular weight is 199 g/mol. The fourth-order valence-electron chi connectivity index (χ4n) is 1.56. The highest BCUT2D eigenvalue weighted by molar-refractivity contribution is 5.64. The zero-order chi connectivity index (χ0) is 10.8. The minimum Gasteiger partial charge on any atom is -0.508 e. The first-order chi connectivity index (χ1) is 7.16. The van der Waals surface area contributed by atoms with Gasteiger partial charge in [-0.3, -0.25) is 4.98 Å². The van der Waals surface area contributed by atoms with E-state index in [4.69, 9.17) is 0 Å². The first-order valence-electron chi connectivity index (χ1n) is 4.89. The smallest absolute Gasteiger partial charge is 0.115 e. The topological polar surface area (TPSA) is 33.1 Å². The molecule has 0 fully saturated rings. The van der Waals surface area contributed by atoms with Gasteiger partial charge in [-0.1, -0.05) is 6.07 Å². The van der Waals surface area contributed by atoms with Gasteiger partial charge in [-0.05, 0) is 49.2 Å². The Kier molecular flexibility index (Phi) is 2.42. The van der Waals surface area contributed by atoms with Gasteiger partial charge in [0.05, 0.1) is 5.69 Å². The van der Waals surface area contributed by atoms with Gasteiger partial charge >= 0.3 is 0 Å². The SMILES string of the molecule is Cc1ccc(-c2ccc(O)cc2C)nc1. The van der Waals surface area contributed by atoms with Crippen molar-refractivity contribution in [1.29, 1.82) is 0 Å². The number of benzene rings is 1. The molecular formula is C13H13NO. The number of hydrogen-bond donors (Lipinski definition) is 1. The van der Waals surface area contributed by atoms with Crippen molar-refractivity contribution < 1.29 is 5.11 Å². The monoisotopic (exact) mass is 199 g/mol. The zero-order valence-electron chi connectivity index (χ0n) is 8.86. The molecular weight excluding hydrogens is 186 g/mol. The van der Waals surface area contributed by atoms with Crippen molar-refractivity contribution in [3.8, 4) is 17.0 Å². The molecule has 0 bridgehead atoms. The molecule has 0 aliphatic heterocycles. The van der Waals surface area contributed by atoms with Crippen LogP contribution in [0.1, 0.15) is 11.1 Å². The highest BCUT2D eigenvalue weighted by atomic mass is 16.3. The maximum absolute atomic E-state index is 9.31. The molecule has 2 heteroatoms. The molecule has 0 unspecified atom stereocenters. The molecule has 2 rings (SSSR count). The number of rotatable bonds is 1. The van der Waals surface area contributed by atoms with E-state index in [1.807, 2.05) is 38.2 Å². The van der Waals surface area contributed by atoms with Gasteiger partial charge in [0.15, 0.2) is 0 Å². The fourth-order valence-corrected chi connectivity index (χ4v) is 1.56. The molecule has 0 saturated heterocycles. The van der Waals surface area contributed by atoms with Crippen LogP contribution in [0.3, 0.4) is 0 Å². The molecule has 0 spiro atoms. The molecule has 1 N–H and O–H groups in total. The van der Waals surface area contributed by atoms with Gasteiger partial charge in [0.25, 0.3) is 0 Å². The maximum Gasteiger partial charge on any atom is 0.115 e. The lowest BCUT2D eigenvalue weighted by molar-refractivity contribution is 0.475. The third-order valence-electron chi connectivity index (χ3n) is 2.40. The molecule has 76 valence electrons. The minimum atomic E-state index is 0.295. The summed E-state index contributed by atoms with van der Waals surface area (Å²) >= 11 is 0. The maximum atomic E-state index is 9.31. The van der Waals surface area contributed by atoms with Crippen LogP contribution in [-0.4, -0.2) is 10.1 Å². The summed E-state index contributed by atoms with van der Waals surface area (Å²) in [5.41, 5.74) is 4.19. The number of aryl methyl sites for hydroxylation is 2. The molecule has 1 aromatic heterocycles. The molecule has 0 aliphatic rings. The first kappa shape index (κ1) is 9.71. The van der Waals surface area contributed by atoms with E-state index < -0.39 is 0 Å². The van der Waals surface area contributed by atoms with Crippen molar-refractivity contribution >= 4 is 0 Å². The molecule has 0 radical (unpaired) electrons. The molecule has 0 amide bonds. The van der Waals surface area contributed by atoms with Gasteiger partial charge in [0, 0.05) is 11.8 Å². The standard InChI is InChI=1S/C13H13NO/c1-9-3-6-13(14-8-9)12-5-4-11(15)7-10(12)2/h3-8,15H,1-2H3. The van der Waals surface area contributed by atoms with E-state index in [9.17, 15) is 5.11 Å². The first-order valence-corrected chi connectivity index (χ1v) is 4.89. The van der Waals surface area contributed by atoms with Crippen LogP contribution in [0.4, 0.5) is 0 Å². The van der Waals surface area contributed by atoms with Crippen LogP contribution in [0, 0.1) is 13.8 Å². The Balaban J connectivity index is 2.49. The lowest BCUT2D eigenvalue weighted by Crippen LogP contribution is -1.87. The number of hydrogen-bond acceptors (Lipinski definition) is 2. The van der Waals surface area contributed by atoms with Gasteiger partial charge in [0.2, 0.25) is 0 Å². The van der Waals surface area contributed by atoms with E-state index in [0.29, 0.717) is 5.75 Å². The van der Waals surface area contributed by atoms with Crippen LogP contribution in [0.25, 0.3) is 11.3 Å². The summed E-state index contributed by atoms with van der Waals surface area (Å²) in [6, 6.07) is 9.35. The number of aromatic hydroxyl groups is 1. The normalized spacial score (nSPS) is 10.3. The molecule has 15 heavy (non-hydrogen) atoms. The highest BCUT2D eigenvalue weighted by Gasteiger charge is 2.03. The summed E-state index contributed by atoms with van der Waals surface area (Å²) in [4.78, 5) is 4.36. The third kappa shape index (κ3) is 1.99. The molecule has 2 nitrogen and oxygen atoms in total. The molecule has 1 heterocycles. The lowest BCUT2D eigenvalue weighted by Gasteiger charge is -2.05. The molecule has 0 aliphatic carbocycles. The third-order valence-corrected chi connectivity index (χ3v) is 2.40. The summed E-state index contributed by atoms with van der Waals surface area (Å²) in [7, 11) is 0. The fraction of sp³-hybridized carbons (Fsp3) is 0.154. The van der Waals surface area contributed by atoms with E-state index in [-0.39, 0.29) is 0 Å². The van der Waals surface area contributed by atoms with Gasteiger partial charge in [-0.2, -0.15) is 0 Å². The predicted molar refractivity (Wildman–Crippen MR) is 60.8 cm³/mol. The second kappa shape index (κ2) is 3.73. The lowest BCUT2D eigenvalue weighted by atomic mass is 10.0. The predicted octanol–water partition coefficient (Wildman–Crippen LogP) is 3.07. The Morgan fingerprint density at radius 2 is 1.87 bits per heavy atom. The van der Waals surface area contributed by atoms with Crippen LogP contribution in [0.2, 0.25) is 0 Å². The van der Waals surface area contributed by atoms with Gasteiger partial charge < -0.3 is 5.11 Å². The Bertz CT molecular complexity index is 474. The van der Waals surface area contributed by atoms with Crippen LogP contribution in [-0.2, 0) is 0 Å². The van der Waals surface area contributed by atoms with Crippen LogP contribution >= 0.6 is 0 Å². The van der Waals surface area contributed by atoms with E-state index in [0.717, 1.165) is 22.4 Å². The summed E-state index contributed by atoms with van der Waals surface area (Å²) in [5, 5.41) is 9.31. The summed E-state index contributed by atoms with van der Waals surface area (Å²) in [5.74, 6) is 0.295. The van der Waals surface area contributed by atoms with Crippen molar-refractivity contribution in [2.45, 2.75) is 13.8 Å². The minimum absolute atomic E-state index is 0.295. The molecule has 0 atom stereocenters. The van der Waals surface area contributed by atoms with Crippen molar-refractivity contribution in [3.05, 3.63) is 47.7 Å². The second-order valence-corrected chi connectivity index (χ2v) is 3.72. The molecule has 1 aromatic carbocycles. The molecule has 0 saturated carbocycles. The van der Waals surface area contributed by atoms with E-state index >= 15 is 0 Å².